The highest BCUT2D eigenvalue weighted by Crippen LogP contribution is 2.29. The van der Waals surface area contributed by atoms with Gasteiger partial charge in [0.2, 0.25) is 0 Å². The van der Waals surface area contributed by atoms with Crippen LogP contribution in [0.1, 0.15) is 0 Å². The van der Waals surface area contributed by atoms with Crippen molar-refractivity contribution >= 4 is 18.1 Å². The third kappa shape index (κ3) is 2.80. The van der Waals surface area contributed by atoms with E-state index in [0.717, 1.165) is 9.80 Å². The molecule has 8 heteroatoms. The van der Waals surface area contributed by atoms with Gasteiger partial charge in [0.25, 0.3) is 0 Å². The van der Waals surface area contributed by atoms with Gasteiger partial charge in [0.05, 0.1) is 32.4 Å². The quantitative estimate of drug-likeness (QED) is 0.377. The molecule has 0 aromatic rings. The predicted molar refractivity (Wildman–Crippen MR) is 79.5 cm³/mol. The average molecular weight is 322 g/mol. The molecule has 3 aliphatic heterocycles. The lowest BCUT2D eigenvalue weighted by molar-refractivity contribution is -0.772. The van der Waals surface area contributed by atoms with Gasteiger partial charge in [-0.05, 0) is 6.08 Å². The zero-order chi connectivity index (χ0) is 16.6. The number of imide groups is 3. The Bertz CT molecular complexity index is 569. The Balaban J connectivity index is 1.96. The third-order valence-electron chi connectivity index (χ3n) is 4.11. The fraction of sp³-hybridized carbons (Fsp3) is 0.533. The summed E-state index contributed by atoms with van der Waals surface area (Å²) in [5, 5.41) is 0. The van der Waals surface area contributed by atoms with Crippen LogP contribution in [0.4, 0.5) is 14.4 Å². The number of nitrogens with zero attached hydrogens (tertiary/aromatic N) is 3. The molecule has 0 saturated carbocycles. The summed E-state index contributed by atoms with van der Waals surface area (Å²) in [5.41, 5.74) is 0. The Labute approximate surface area is 134 Å². The van der Waals surface area contributed by atoms with Crippen LogP contribution in [0.25, 0.3) is 0 Å². The molecule has 0 aromatic carbocycles. The van der Waals surface area contributed by atoms with Gasteiger partial charge < -0.3 is 9.47 Å². The summed E-state index contributed by atoms with van der Waals surface area (Å²) in [7, 11) is 0. The van der Waals surface area contributed by atoms with E-state index >= 15 is 0 Å². The summed E-state index contributed by atoms with van der Waals surface area (Å²) in [6, 6.07) is -1.71. The smallest absolute Gasteiger partial charge is 0.371 e. The van der Waals surface area contributed by atoms with E-state index in [1.807, 2.05) is 0 Å². The maximum absolute atomic E-state index is 13.0. The summed E-state index contributed by atoms with van der Waals surface area (Å²) in [5.74, 6) is 0. The lowest BCUT2D eigenvalue weighted by Gasteiger charge is -2.42. The van der Waals surface area contributed by atoms with Crippen LogP contribution in [0.5, 0.6) is 0 Å². The van der Waals surface area contributed by atoms with Crippen molar-refractivity contribution in [2.75, 3.05) is 39.4 Å². The molecule has 0 spiro atoms. The van der Waals surface area contributed by atoms with E-state index in [9.17, 15) is 14.4 Å². The second-order valence-corrected chi connectivity index (χ2v) is 5.89. The minimum Gasteiger partial charge on any atom is -0.371 e. The minimum atomic E-state index is -0.620. The molecule has 0 bridgehead atoms. The van der Waals surface area contributed by atoms with Gasteiger partial charge in [-0.15, -0.1) is 6.58 Å². The lowest BCUT2D eigenvalue weighted by Crippen LogP contribution is -2.74. The fourth-order valence-electron chi connectivity index (χ4n) is 2.80. The molecule has 3 fully saturated rings. The number of carbonyl (C=O) groups excluding carboxylic acids is 3. The minimum absolute atomic E-state index is 0.0512. The molecule has 0 aromatic heterocycles. The topological polar surface area (TPSA) is 82.8 Å². The van der Waals surface area contributed by atoms with Crippen LogP contribution in [0.2, 0.25) is 0 Å². The summed E-state index contributed by atoms with van der Waals surface area (Å²) in [6.45, 7) is 8.78. The van der Waals surface area contributed by atoms with Crippen molar-refractivity contribution in [3.05, 3.63) is 25.3 Å². The maximum atomic E-state index is 13.0. The summed E-state index contributed by atoms with van der Waals surface area (Å²) < 4.78 is 9.83. The number of hydrogen-bond acceptors (Lipinski definition) is 5. The maximum Gasteiger partial charge on any atom is 0.437 e. The number of ether oxygens (including phenoxy) is 2. The number of urea groups is 3. The molecular weight excluding hydrogens is 302 g/mol. The second-order valence-electron chi connectivity index (χ2n) is 5.89. The molecule has 0 aliphatic carbocycles. The van der Waals surface area contributed by atoms with Crippen LogP contribution in [0.3, 0.4) is 0 Å². The molecule has 3 heterocycles. The first-order valence-corrected chi connectivity index (χ1v) is 7.53. The molecule has 0 N–H and O–H groups in total. The van der Waals surface area contributed by atoms with E-state index in [1.54, 1.807) is 0 Å². The zero-order valence-electron chi connectivity index (χ0n) is 12.8. The summed E-state index contributed by atoms with van der Waals surface area (Å²) in [6.07, 6.45) is 2.68. The summed E-state index contributed by atoms with van der Waals surface area (Å²) in [4.78, 5) is 40.6. The van der Waals surface area contributed by atoms with Crippen LogP contribution in [0.15, 0.2) is 25.3 Å². The highest BCUT2D eigenvalue weighted by molar-refractivity contribution is 6.06. The largest absolute Gasteiger partial charge is 0.437 e. The average Bonchev–Trinajstić information content (AvgIpc) is 3.42. The van der Waals surface area contributed by atoms with Crippen molar-refractivity contribution in [3.8, 4) is 0 Å². The van der Waals surface area contributed by atoms with E-state index in [1.165, 1.54) is 12.2 Å². The molecule has 124 valence electrons. The van der Waals surface area contributed by atoms with Gasteiger partial charge in [0.15, 0.2) is 0 Å². The van der Waals surface area contributed by atoms with E-state index < -0.39 is 22.6 Å². The fourth-order valence-corrected chi connectivity index (χ4v) is 2.80. The van der Waals surface area contributed by atoms with Crippen LogP contribution >= 0.6 is 0 Å². The Morgan fingerprint density at radius 3 is 2.17 bits per heavy atom. The number of epoxide rings is 2. The standard InChI is InChI=1S/C15H20N3O5/c1-3-5-16-13(19)17(7-11-9-22-11)15(21)18(6-4-2,14(16)20)8-12-10-23-12/h3-4,11-12H,1-2,5-10H2/q+1. The lowest BCUT2D eigenvalue weighted by atomic mass is 10.2. The van der Waals surface area contributed by atoms with Crippen LogP contribution in [0, 0.1) is 0 Å². The van der Waals surface area contributed by atoms with Gasteiger partial charge in [0, 0.05) is 0 Å². The Morgan fingerprint density at radius 1 is 1.04 bits per heavy atom. The van der Waals surface area contributed by atoms with Gasteiger partial charge in [-0.1, -0.05) is 12.7 Å². The van der Waals surface area contributed by atoms with Gasteiger partial charge in [-0.2, -0.15) is 4.48 Å². The molecule has 3 unspecified atom stereocenters. The highest BCUT2D eigenvalue weighted by Gasteiger charge is 2.60. The van der Waals surface area contributed by atoms with E-state index in [-0.39, 0.29) is 38.4 Å². The van der Waals surface area contributed by atoms with Crippen LogP contribution in [-0.2, 0) is 9.47 Å². The Kier molecular flexibility index (Phi) is 4.05. The van der Waals surface area contributed by atoms with Gasteiger partial charge in [-0.3, -0.25) is 0 Å². The number of rotatable bonds is 8. The summed E-state index contributed by atoms with van der Waals surface area (Å²) >= 11 is 0. The van der Waals surface area contributed by atoms with E-state index in [4.69, 9.17) is 9.47 Å². The second kappa shape index (κ2) is 5.88. The molecule has 8 nitrogen and oxygen atoms in total. The van der Waals surface area contributed by atoms with E-state index in [2.05, 4.69) is 13.2 Å². The number of quaternary nitrogens is 1. The highest BCUT2D eigenvalue weighted by atomic mass is 16.6. The number of carbonyl (C=O) groups is 3. The van der Waals surface area contributed by atoms with Gasteiger partial charge in [-0.25, -0.2) is 24.2 Å². The van der Waals surface area contributed by atoms with E-state index in [0.29, 0.717) is 13.2 Å². The zero-order valence-corrected chi connectivity index (χ0v) is 12.8. The number of amides is 6. The SMILES string of the molecule is C=CCN1C(=O)N(CC2CO2)C(=O)[N+](CC=C)(CC2CO2)C1=O. The van der Waals surface area contributed by atoms with Gasteiger partial charge >= 0.3 is 18.1 Å². The molecular formula is C15H20N3O5+. The molecule has 3 aliphatic rings. The molecule has 3 atom stereocenters. The molecule has 0 radical (unpaired) electrons. The third-order valence-corrected chi connectivity index (χ3v) is 4.11. The number of hydrogen-bond donors (Lipinski definition) is 0. The predicted octanol–water partition coefficient (Wildman–Crippen LogP) is 0.950. The van der Waals surface area contributed by atoms with Crippen molar-refractivity contribution in [2.24, 2.45) is 0 Å². The monoisotopic (exact) mass is 322 g/mol. The van der Waals surface area contributed by atoms with Gasteiger partial charge in [0.1, 0.15) is 19.2 Å². The Morgan fingerprint density at radius 2 is 1.65 bits per heavy atom. The van der Waals surface area contributed by atoms with Crippen molar-refractivity contribution in [3.63, 3.8) is 0 Å². The van der Waals surface area contributed by atoms with Crippen LogP contribution < -0.4 is 0 Å². The van der Waals surface area contributed by atoms with Crippen molar-refractivity contribution < 1.29 is 28.3 Å². The molecule has 6 amide bonds. The first-order chi connectivity index (χ1) is 11.0. The molecule has 3 saturated heterocycles. The normalized spacial score (nSPS) is 33.0. The first-order valence-electron chi connectivity index (χ1n) is 7.53. The Hall–Kier alpha value is -2.03. The van der Waals surface area contributed by atoms with Crippen LogP contribution in [-0.4, -0.2) is 84.0 Å². The first kappa shape index (κ1) is 15.9. The van der Waals surface area contributed by atoms with Crippen molar-refractivity contribution in [1.82, 2.24) is 9.80 Å². The van der Waals surface area contributed by atoms with Crippen molar-refractivity contribution in [1.29, 1.82) is 0 Å². The van der Waals surface area contributed by atoms with Crippen molar-refractivity contribution in [2.45, 2.75) is 12.2 Å². The molecule has 23 heavy (non-hydrogen) atoms. The molecule has 3 rings (SSSR count).